The lowest BCUT2D eigenvalue weighted by Crippen LogP contribution is -2.14. The van der Waals surface area contributed by atoms with Crippen LogP contribution in [0.5, 0.6) is 0 Å². The average molecular weight is 406 g/mol. The lowest BCUT2D eigenvalue weighted by Gasteiger charge is -2.18. The van der Waals surface area contributed by atoms with E-state index in [2.05, 4.69) is 18.1 Å². The van der Waals surface area contributed by atoms with E-state index in [9.17, 15) is 13.7 Å². The van der Waals surface area contributed by atoms with Crippen molar-refractivity contribution in [3.8, 4) is 6.07 Å². The van der Waals surface area contributed by atoms with Gasteiger partial charge < -0.3 is 4.57 Å². The van der Waals surface area contributed by atoms with Crippen LogP contribution in [-0.2, 0) is 16.6 Å². The fraction of sp³-hybridized carbons (Fsp3) is 0.150. The van der Waals surface area contributed by atoms with Crippen molar-refractivity contribution in [2.45, 2.75) is 24.4 Å². The van der Waals surface area contributed by atoms with Crippen LogP contribution in [0.15, 0.2) is 65.8 Å². The van der Waals surface area contributed by atoms with Crippen LogP contribution in [0.4, 0.5) is 0 Å². The Balaban J connectivity index is 1.85. The maximum Gasteiger partial charge on any atom is 0.241 e. The van der Waals surface area contributed by atoms with Gasteiger partial charge in [0.15, 0.2) is 0 Å². The van der Waals surface area contributed by atoms with Crippen molar-refractivity contribution in [2.75, 3.05) is 0 Å². The van der Waals surface area contributed by atoms with Crippen molar-refractivity contribution < 1.29 is 8.42 Å². The number of aromatic nitrogens is 4. The minimum atomic E-state index is -3.82. The van der Waals surface area contributed by atoms with Crippen LogP contribution < -0.4 is 5.14 Å². The van der Waals surface area contributed by atoms with Crippen molar-refractivity contribution >= 4 is 21.1 Å². The predicted octanol–water partition coefficient (Wildman–Crippen LogP) is 2.41. The molecule has 1 atom stereocenters. The molecule has 8 nitrogen and oxygen atoms in total. The van der Waals surface area contributed by atoms with E-state index in [1.165, 1.54) is 17.1 Å². The van der Waals surface area contributed by atoms with Gasteiger partial charge in [0.25, 0.3) is 0 Å². The molecule has 0 amide bonds. The van der Waals surface area contributed by atoms with E-state index in [4.69, 9.17) is 10.1 Å². The number of hydrogen-bond donors (Lipinski definition) is 1. The summed E-state index contributed by atoms with van der Waals surface area (Å²) in [5.74, 6) is 0.690. The Hall–Kier alpha value is -3.48. The number of nitrogens with zero attached hydrogens (tertiary/aromatic N) is 5. The highest BCUT2D eigenvalue weighted by atomic mass is 32.2. The van der Waals surface area contributed by atoms with Gasteiger partial charge in [-0.15, -0.1) is 0 Å². The highest BCUT2D eigenvalue weighted by Crippen LogP contribution is 2.27. The van der Waals surface area contributed by atoms with Crippen molar-refractivity contribution in [1.82, 2.24) is 19.3 Å². The molecule has 4 rings (SSSR count). The van der Waals surface area contributed by atoms with Gasteiger partial charge in [-0.1, -0.05) is 30.3 Å². The summed E-state index contributed by atoms with van der Waals surface area (Å²) in [5.41, 5.74) is 3.21. The zero-order valence-corrected chi connectivity index (χ0v) is 16.4. The lowest BCUT2D eigenvalue weighted by atomic mass is 10.1. The largest absolute Gasteiger partial charge is 0.319 e. The highest BCUT2D eigenvalue weighted by Gasteiger charge is 2.19. The molecule has 146 valence electrons. The molecular weight excluding hydrogens is 388 g/mol. The smallest absolute Gasteiger partial charge is 0.241 e. The molecule has 2 N–H and O–H groups in total. The summed E-state index contributed by atoms with van der Waals surface area (Å²) in [6.07, 6.45) is 2.60. The molecule has 0 aliphatic heterocycles. The van der Waals surface area contributed by atoms with Crippen molar-refractivity contribution in [3.05, 3.63) is 77.9 Å². The maximum atomic E-state index is 11.5. The minimum absolute atomic E-state index is 0.0527. The Kier molecular flexibility index (Phi) is 4.66. The number of imidazole rings is 1. The SMILES string of the molecule is C[C@@H](c1ccccc1)n1c(Cn2cc(S(N)(=O)=O)cn2)nc2ccc(C#N)cc21. The molecule has 0 aliphatic carbocycles. The van der Waals surface area contributed by atoms with E-state index in [0.29, 0.717) is 11.4 Å². The standard InChI is InChI=1S/C20H18N6O2S/c1-14(16-5-3-2-4-6-16)26-19-9-15(10-21)7-8-18(19)24-20(26)13-25-12-17(11-23-25)29(22,27)28/h2-9,11-12,14H,13H2,1H3,(H2,22,27,28)/t14-/m0/s1. The topological polar surface area (TPSA) is 120 Å². The summed E-state index contributed by atoms with van der Waals surface area (Å²) in [5, 5.41) is 18.6. The lowest BCUT2D eigenvalue weighted by molar-refractivity contribution is 0.571. The molecule has 0 fully saturated rings. The molecule has 2 aromatic heterocycles. The molecule has 0 spiro atoms. The van der Waals surface area contributed by atoms with Crippen molar-refractivity contribution in [2.24, 2.45) is 5.14 Å². The second-order valence-corrected chi connectivity index (χ2v) is 8.28. The number of hydrogen-bond acceptors (Lipinski definition) is 5. The Morgan fingerprint density at radius 2 is 1.97 bits per heavy atom. The zero-order chi connectivity index (χ0) is 20.6. The molecule has 2 aromatic carbocycles. The van der Waals surface area contributed by atoms with Crippen LogP contribution in [0, 0.1) is 11.3 Å². The van der Waals surface area contributed by atoms with E-state index in [-0.39, 0.29) is 17.5 Å². The van der Waals surface area contributed by atoms with Crippen LogP contribution in [0.3, 0.4) is 0 Å². The van der Waals surface area contributed by atoms with E-state index in [0.717, 1.165) is 16.6 Å². The van der Waals surface area contributed by atoms with Crippen molar-refractivity contribution in [1.29, 1.82) is 5.26 Å². The Labute approximate surface area is 167 Å². The Morgan fingerprint density at radius 1 is 1.21 bits per heavy atom. The van der Waals surface area contributed by atoms with E-state index in [1.807, 2.05) is 47.0 Å². The van der Waals surface area contributed by atoms with Crippen LogP contribution in [0.25, 0.3) is 11.0 Å². The number of primary sulfonamides is 1. The molecule has 4 aromatic rings. The number of nitriles is 1. The molecule has 2 heterocycles. The third-order valence-corrected chi connectivity index (χ3v) is 5.67. The summed E-state index contributed by atoms with van der Waals surface area (Å²) in [7, 11) is -3.82. The van der Waals surface area contributed by atoms with Gasteiger partial charge in [0.05, 0.1) is 41.4 Å². The number of sulfonamides is 1. The van der Waals surface area contributed by atoms with Gasteiger partial charge in [0, 0.05) is 6.20 Å². The Morgan fingerprint density at radius 3 is 2.62 bits per heavy atom. The van der Waals surface area contributed by atoms with E-state index in [1.54, 1.807) is 6.07 Å². The van der Waals surface area contributed by atoms with Crippen molar-refractivity contribution in [3.63, 3.8) is 0 Å². The third-order valence-electron chi connectivity index (χ3n) is 4.80. The van der Waals surface area contributed by atoms with Crippen LogP contribution in [0.2, 0.25) is 0 Å². The first-order valence-corrected chi connectivity index (χ1v) is 10.4. The summed E-state index contributed by atoms with van der Waals surface area (Å²) in [6.45, 7) is 2.31. The van der Waals surface area contributed by atoms with Gasteiger partial charge in [-0.2, -0.15) is 10.4 Å². The van der Waals surface area contributed by atoms with Gasteiger partial charge >= 0.3 is 0 Å². The molecular formula is C20H18N6O2S. The number of benzene rings is 2. The molecule has 0 aliphatic rings. The maximum absolute atomic E-state index is 11.5. The second-order valence-electron chi connectivity index (χ2n) is 6.72. The molecule has 0 saturated carbocycles. The van der Waals surface area contributed by atoms with Crippen LogP contribution in [0.1, 0.15) is 29.9 Å². The first-order valence-electron chi connectivity index (χ1n) is 8.88. The summed E-state index contributed by atoms with van der Waals surface area (Å²) < 4.78 is 26.6. The normalized spacial score (nSPS) is 12.7. The molecule has 0 unspecified atom stereocenters. The van der Waals surface area contributed by atoms with Gasteiger partial charge in [-0.3, -0.25) is 4.68 Å². The predicted molar refractivity (Wildman–Crippen MR) is 107 cm³/mol. The quantitative estimate of drug-likeness (QED) is 0.546. The molecule has 0 radical (unpaired) electrons. The molecule has 29 heavy (non-hydrogen) atoms. The van der Waals surface area contributed by atoms with Gasteiger partial charge in [-0.05, 0) is 30.7 Å². The minimum Gasteiger partial charge on any atom is -0.319 e. The third kappa shape index (κ3) is 3.63. The molecule has 9 heteroatoms. The fourth-order valence-corrected chi connectivity index (χ4v) is 3.82. The number of nitrogens with two attached hydrogens (primary N) is 1. The Bertz CT molecular complexity index is 1330. The summed E-state index contributed by atoms with van der Waals surface area (Å²) in [4.78, 5) is 4.66. The summed E-state index contributed by atoms with van der Waals surface area (Å²) >= 11 is 0. The summed E-state index contributed by atoms with van der Waals surface area (Å²) in [6, 6.07) is 17.4. The van der Waals surface area contributed by atoms with E-state index < -0.39 is 10.0 Å². The number of fused-ring (bicyclic) bond motifs is 1. The zero-order valence-electron chi connectivity index (χ0n) is 15.6. The van der Waals surface area contributed by atoms with Crippen LogP contribution >= 0.6 is 0 Å². The highest BCUT2D eigenvalue weighted by molar-refractivity contribution is 7.89. The van der Waals surface area contributed by atoms with Crippen LogP contribution in [-0.4, -0.2) is 27.7 Å². The average Bonchev–Trinajstić information content (AvgIpc) is 3.32. The van der Waals surface area contributed by atoms with E-state index >= 15 is 0 Å². The van der Waals surface area contributed by atoms with Gasteiger partial charge in [-0.25, -0.2) is 18.5 Å². The van der Waals surface area contributed by atoms with Gasteiger partial charge in [0.2, 0.25) is 10.0 Å². The van der Waals surface area contributed by atoms with Gasteiger partial charge in [0.1, 0.15) is 10.7 Å². The first kappa shape index (κ1) is 18.9. The fourth-order valence-electron chi connectivity index (χ4n) is 3.36. The molecule has 0 saturated heterocycles. The number of rotatable bonds is 5. The molecule has 0 bridgehead atoms. The monoisotopic (exact) mass is 406 g/mol. The second kappa shape index (κ2) is 7.16. The first-order chi connectivity index (χ1) is 13.9.